The highest BCUT2D eigenvalue weighted by molar-refractivity contribution is 6.01. The fraction of sp³-hybridized carbons (Fsp3) is 0.833. The van der Waals surface area contributed by atoms with E-state index in [1.54, 1.807) is 7.11 Å². The first-order chi connectivity index (χ1) is 8.70. The van der Waals surface area contributed by atoms with Gasteiger partial charge in [0.2, 0.25) is 11.8 Å². The lowest BCUT2D eigenvalue weighted by Crippen LogP contribution is -2.58. The molecule has 0 aromatic heterocycles. The summed E-state index contributed by atoms with van der Waals surface area (Å²) >= 11 is 0. The highest BCUT2D eigenvalue weighted by Gasteiger charge is 2.32. The second-order valence-corrected chi connectivity index (χ2v) is 4.18. The van der Waals surface area contributed by atoms with Crippen LogP contribution in [0, 0.1) is 0 Å². The Kier molecular flexibility index (Phi) is 6.85. The zero-order chi connectivity index (χ0) is 13.4. The topological polar surface area (TPSA) is 67.9 Å². The molecule has 1 heterocycles. The van der Waals surface area contributed by atoms with Gasteiger partial charge >= 0.3 is 0 Å². The Morgan fingerprint density at radius 1 is 1.33 bits per heavy atom. The average Bonchev–Trinajstić information content (AvgIpc) is 2.37. The predicted molar refractivity (Wildman–Crippen MR) is 66.1 cm³/mol. The summed E-state index contributed by atoms with van der Waals surface area (Å²) in [6.45, 7) is 4.24. The molecule has 2 amide bonds. The van der Waals surface area contributed by atoms with Crippen LogP contribution in [0.3, 0.4) is 0 Å². The third-order valence-electron chi connectivity index (χ3n) is 2.88. The Morgan fingerprint density at radius 3 is 2.78 bits per heavy atom. The first-order valence-electron chi connectivity index (χ1n) is 6.35. The highest BCUT2D eigenvalue weighted by Crippen LogP contribution is 2.06. The van der Waals surface area contributed by atoms with E-state index in [-0.39, 0.29) is 24.4 Å². The molecule has 1 aliphatic rings. The molecular formula is C12H22N2O4. The molecule has 1 aliphatic heterocycles. The Balaban J connectivity index is 2.26. The van der Waals surface area contributed by atoms with E-state index in [1.807, 2.05) is 6.92 Å². The van der Waals surface area contributed by atoms with E-state index in [4.69, 9.17) is 9.47 Å². The molecule has 1 atom stereocenters. The molecule has 0 bridgehead atoms. The fourth-order valence-corrected chi connectivity index (χ4v) is 1.83. The third kappa shape index (κ3) is 4.36. The van der Waals surface area contributed by atoms with Crippen LogP contribution in [0.1, 0.15) is 19.8 Å². The standard InChI is InChI=1S/C12H22N2O4/c1-3-10-12(16)14(11(15)9-13-10)5-4-6-18-8-7-17-2/h10,13H,3-9H2,1-2H3. The number of hydrogen-bond donors (Lipinski definition) is 1. The van der Waals surface area contributed by atoms with Gasteiger partial charge in [0.15, 0.2) is 0 Å². The number of piperazine rings is 1. The van der Waals surface area contributed by atoms with Crippen molar-refractivity contribution in [2.75, 3.05) is 40.0 Å². The van der Waals surface area contributed by atoms with Crippen LogP contribution in [0.4, 0.5) is 0 Å². The van der Waals surface area contributed by atoms with Crippen molar-refractivity contribution in [2.45, 2.75) is 25.8 Å². The normalized spacial score (nSPS) is 20.6. The average molecular weight is 258 g/mol. The van der Waals surface area contributed by atoms with Crippen molar-refractivity contribution in [3.05, 3.63) is 0 Å². The molecule has 1 fully saturated rings. The molecule has 0 radical (unpaired) electrons. The van der Waals surface area contributed by atoms with Crippen molar-refractivity contribution < 1.29 is 19.1 Å². The van der Waals surface area contributed by atoms with Crippen molar-refractivity contribution in [3.63, 3.8) is 0 Å². The second kappa shape index (κ2) is 8.18. The number of hydrogen-bond acceptors (Lipinski definition) is 5. The molecule has 0 aliphatic carbocycles. The second-order valence-electron chi connectivity index (χ2n) is 4.18. The number of nitrogens with one attached hydrogen (secondary N) is 1. The van der Waals surface area contributed by atoms with Crippen molar-refractivity contribution in [1.82, 2.24) is 10.2 Å². The smallest absolute Gasteiger partial charge is 0.246 e. The van der Waals surface area contributed by atoms with Gasteiger partial charge in [-0.2, -0.15) is 0 Å². The van der Waals surface area contributed by atoms with Crippen LogP contribution in [0.5, 0.6) is 0 Å². The summed E-state index contributed by atoms with van der Waals surface area (Å²) in [5.41, 5.74) is 0. The monoisotopic (exact) mass is 258 g/mol. The minimum Gasteiger partial charge on any atom is -0.382 e. The van der Waals surface area contributed by atoms with Gasteiger partial charge in [0.05, 0.1) is 25.8 Å². The number of rotatable bonds is 8. The van der Waals surface area contributed by atoms with Gasteiger partial charge in [-0.1, -0.05) is 6.92 Å². The van der Waals surface area contributed by atoms with Crippen LogP contribution < -0.4 is 5.32 Å². The van der Waals surface area contributed by atoms with E-state index in [0.29, 0.717) is 39.2 Å². The third-order valence-corrected chi connectivity index (χ3v) is 2.88. The Bertz CT molecular complexity index is 283. The zero-order valence-electron chi connectivity index (χ0n) is 11.1. The first kappa shape index (κ1) is 15.1. The molecule has 6 nitrogen and oxygen atoms in total. The summed E-state index contributed by atoms with van der Waals surface area (Å²) in [5, 5.41) is 2.93. The maximum Gasteiger partial charge on any atom is 0.246 e. The number of imide groups is 1. The van der Waals surface area contributed by atoms with Crippen molar-refractivity contribution >= 4 is 11.8 Å². The molecule has 1 unspecified atom stereocenters. The zero-order valence-corrected chi connectivity index (χ0v) is 11.1. The summed E-state index contributed by atoms with van der Waals surface area (Å²) in [5.74, 6) is -0.271. The van der Waals surface area contributed by atoms with Crippen molar-refractivity contribution in [2.24, 2.45) is 0 Å². The van der Waals surface area contributed by atoms with E-state index in [0.717, 1.165) is 0 Å². The van der Waals surface area contributed by atoms with Gasteiger partial charge in [0.1, 0.15) is 0 Å². The van der Waals surface area contributed by atoms with E-state index in [1.165, 1.54) is 4.90 Å². The van der Waals surface area contributed by atoms with Gasteiger partial charge in [-0.3, -0.25) is 19.8 Å². The van der Waals surface area contributed by atoms with Crippen LogP contribution in [-0.4, -0.2) is 62.8 Å². The van der Waals surface area contributed by atoms with Gasteiger partial charge in [-0.25, -0.2) is 0 Å². The summed E-state index contributed by atoms with van der Waals surface area (Å²) < 4.78 is 10.1. The molecule has 0 saturated carbocycles. The predicted octanol–water partition coefficient (Wildman–Crippen LogP) is -0.223. The van der Waals surface area contributed by atoms with Gasteiger partial charge < -0.3 is 9.47 Å². The molecular weight excluding hydrogens is 236 g/mol. The maximum absolute atomic E-state index is 11.9. The van der Waals surface area contributed by atoms with Crippen LogP contribution in [0.25, 0.3) is 0 Å². The molecule has 1 rings (SSSR count). The number of ether oxygens (including phenoxy) is 2. The van der Waals surface area contributed by atoms with Crippen molar-refractivity contribution in [1.29, 1.82) is 0 Å². The molecule has 104 valence electrons. The quantitative estimate of drug-likeness (QED) is 0.481. The van der Waals surface area contributed by atoms with Gasteiger partial charge in [-0.15, -0.1) is 0 Å². The SMILES string of the molecule is CCC1NCC(=O)N(CCCOCCOC)C1=O. The molecule has 1 saturated heterocycles. The number of nitrogens with zero attached hydrogens (tertiary/aromatic N) is 1. The summed E-state index contributed by atoms with van der Waals surface area (Å²) in [4.78, 5) is 24.9. The lowest BCUT2D eigenvalue weighted by Gasteiger charge is -2.31. The molecule has 0 spiro atoms. The molecule has 1 N–H and O–H groups in total. The number of carbonyl (C=O) groups excluding carboxylic acids is 2. The van der Waals surface area contributed by atoms with Crippen LogP contribution >= 0.6 is 0 Å². The number of amides is 2. The van der Waals surface area contributed by atoms with E-state index in [9.17, 15) is 9.59 Å². The summed E-state index contributed by atoms with van der Waals surface area (Å²) in [6, 6.07) is -0.225. The first-order valence-corrected chi connectivity index (χ1v) is 6.35. The molecule has 18 heavy (non-hydrogen) atoms. The van der Waals surface area contributed by atoms with E-state index < -0.39 is 0 Å². The lowest BCUT2D eigenvalue weighted by molar-refractivity contribution is -0.149. The summed E-state index contributed by atoms with van der Waals surface area (Å²) in [6.07, 6.45) is 1.37. The number of methoxy groups -OCH3 is 1. The Hall–Kier alpha value is -0.980. The van der Waals surface area contributed by atoms with Gasteiger partial charge in [0.25, 0.3) is 0 Å². The Morgan fingerprint density at radius 2 is 2.11 bits per heavy atom. The van der Waals surface area contributed by atoms with E-state index in [2.05, 4.69) is 5.32 Å². The van der Waals surface area contributed by atoms with Crippen LogP contribution in [0.15, 0.2) is 0 Å². The van der Waals surface area contributed by atoms with Crippen LogP contribution in [0.2, 0.25) is 0 Å². The molecule has 0 aromatic carbocycles. The Labute approximate surface area is 108 Å². The van der Waals surface area contributed by atoms with Crippen LogP contribution in [-0.2, 0) is 19.1 Å². The maximum atomic E-state index is 11.9. The lowest BCUT2D eigenvalue weighted by atomic mass is 10.1. The highest BCUT2D eigenvalue weighted by atomic mass is 16.5. The largest absolute Gasteiger partial charge is 0.382 e. The van der Waals surface area contributed by atoms with E-state index >= 15 is 0 Å². The minimum absolute atomic E-state index is 0.120. The van der Waals surface area contributed by atoms with Gasteiger partial charge in [-0.05, 0) is 12.8 Å². The number of carbonyl (C=O) groups is 2. The molecule has 6 heteroatoms. The molecule has 0 aromatic rings. The van der Waals surface area contributed by atoms with Crippen molar-refractivity contribution in [3.8, 4) is 0 Å². The summed E-state index contributed by atoms with van der Waals surface area (Å²) in [7, 11) is 1.62. The fourth-order valence-electron chi connectivity index (χ4n) is 1.83. The minimum atomic E-state index is -0.225. The van der Waals surface area contributed by atoms with Gasteiger partial charge in [0, 0.05) is 20.3 Å².